The van der Waals surface area contributed by atoms with E-state index in [9.17, 15) is 14.4 Å². The van der Waals surface area contributed by atoms with E-state index in [1.807, 2.05) is 0 Å². The molecule has 1 aromatic heterocycles. The molecular weight excluding hydrogens is 501 g/mol. The third-order valence-corrected chi connectivity index (χ3v) is 7.02. The molecule has 1 aliphatic heterocycles. The summed E-state index contributed by atoms with van der Waals surface area (Å²) >= 11 is 13.5. The minimum absolute atomic E-state index is 0.0122. The van der Waals surface area contributed by atoms with Crippen molar-refractivity contribution in [3.63, 3.8) is 0 Å². The van der Waals surface area contributed by atoms with Gasteiger partial charge in [0.25, 0.3) is 5.91 Å². The van der Waals surface area contributed by atoms with Gasteiger partial charge in [-0.1, -0.05) is 29.3 Å². The number of rotatable bonds is 9. The molecule has 3 amide bonds. The van der Waals surface area contributed by atoms with Crippen LogP contribution in [0.4, 0.5) is 10.8 Å². The molecule has 0 bridgehead atoms. The lowest BCUT2D eigenvalue weighted by atomic mass is 10.2. The lowest BCUT2D eigenvalue weighted by molar-refractivity contribution is -0.138. The van der Waals surface area contributed by atoms with E-state index in [1.54, 1.807) is 45.4 Å². The first-order valence-corrected chi connectivity index (χ1v) is 12.4. The Morgan fingerprint density at radius 2 is 1.85 bits per heavy atom. The highest BCUT2D eigenvalue weighted by molar-refractivity contribution is 7.14. The second-order valence-electron chi connectivity index (χ2n) is 7.69. The maximum atomic E-state index is 13.1. The van der Waals surface area contributed by atoms with Crippen molar-refractivity contribution in [3.05, 3.63) is 39.3 Å². The van der Waals surface area contributed by atoms with Crippen molar-refractivity contribution in [2.75, 3.05) is 58.3 Å². The number of nitrogens with one attached hydrogen (secondary N) is 1. The Morgan fingerprint density at radius 1 is 1.15 bits per heavy atom. The number of anilines is 2. The van der Waals surface area contributed by atoms with Crippen molar-refractivity contribution in [3.8, 4) is 0 Å². The Labute approximate surface area is 212 Å². The number of methoxy groups -OCH3 is 1. The third kappa shape index (κ3) is 6.82. The number of ether oxygens (including phenoxy) is 1. The molecule has 1 aromatic carbocycles. The van der Waals surface area contributed by atoms with E-state index in [0.29, 0.717) is 60.2 Å². The molecule has 3 rings (SSSR count). The molecule has 9 nitrogen and oxygen atoms in total. The zero-order chi connectivity index (χ0) is 24.7. The predicted octanol–water partition coefficient (Wildman–Crippen LogP) is 3.36. The molecule has 34 heavy (non-hydrogen) atoms. The van der Waals surface area contributed by atoms with Crippen LogP contribution in [0.1, 0.15) is 23.8 Å². The maximum absolute atomic E-state index is 13.1. The molecule has 0 spiro atoms. The standard InChI is InChI=1S/C22H27Cl2N5O4S/c1-15(30)27-8-10-28(11-9-27)19(31)6-7-29(12-13-33-2)21(32)18-14-34-22(26-18)25-17-5-3-4-16(23)20(17)24/h3-5,14H,6-13H2,1-2H3,(H,25,26). The van der Waals surface area contributed by atoms with Crippen LogP contribution in [0.2, 0.25) is 10.0 Å². The van der Waals surface area contributed by atoms with Gasteiger partial charge in [0, 0.05) is 65.1 Å². The highest BCUT2D eigenvalue weighted by Gasteiger charge is 2.24. The van der Waals surface area contributed by atoms with Crippen molar-refractivity contribution >= 4 is 63.1 Å². The molecule has 2 aromatic rings. The monoisotopic (exact) mass is 527 g/mol. The molecule has 0 radical (unpaired) electrons. The molecule has 2 heterocycles. The van der Waals surface area contributed by atoms with Gasteiger partial charge in [-0.3, -0.25) is 14.4 Å². The van der Waals surface area contributed by atoms with Gasteiger partial charge in [0.15, 0.2) is 5.13 Å². The van der Waals surface area contributed by atoms with Crippen LogP contribution < -0.4 is 5.32 Å². The molecule has 0 aliphatic carbocycles. The molecule has 184 valence electrons. The number of thiazole rings is 1. The number of nitrogens with zero attached hydrogens (tertiary/aromatic N) is 4. The number of halogens is 2. The van der Waals surface area contributed by atoms with Gasteiger partial charge in [-0.05, 0) is 12.1 Å². The zero-order valence-electron chi connectivity index (χ0n) is 19.1. The second-order valence-corrected chi connectivity index (χ2v) is 9.33. The summed E-state index contributed by atoms with van der Waals surface area (Å²) in [5.41, 5.74) is 0.860. The zero-order valence-corrected chi connectivity index (χ0v) is 21.4. The highest BCUT2D eigenvalue weighted by atomic mass is 35.5. The number of hydrogen-bond donors (Lipinski definition) is 1. The van der Waals surface area contributed by atoms with E-state index in [4.69, 9.17) is 27.9 Å². The largest absolute Gasteiger partial charge is 0.383 e. The van der Waals surface area contributed by atoms with E-state index in [1.165, 1.54) is 18.3 Å². The van der Waals surface area contributed by atoms with Gasteiger partial charge in [-0.2, -0.15) is 0 Å². The first-order chi connectivity index (χ1) is 16.3. The lowest BCUT2D eigenvalue weighted by Crippen LogP contribution is -2.50. The molecule has 12 heteroatoms. The van der Waals surface area contributed by atoms with Crippen LogP contribution in [-0.4, -0.2) is 90.4 Å². The molecule has 1 fully saturated rings. The van der Waals surface area contributed by atoms with Crippen LogP contribution in [0, 0.1) is 0 Å². The van der Waals surface area contributed by atoms with Crippen molar-refractivity contribution in [1.29, 1.82) is 0 Å². The van der Waals surface area contributed by atoms with Gasteiger partial charge >= 0.3 is 0 Å². The Kier molecular flexibility index (Phi) is 9.52. The first-order valence-electron chi connectivity index (χ1n) is 10.8. The van der Waals surface area contributed by atoms with Gasteiger partial charge in [0.05, 0.1) is 22.3 Å². The number of hydrogen-bond acceptors (Lipinski definition) is 7. The Balaban J connectivity index is 1.60. The number of aromatic nitrogens is 1. The van der Waals surface area contributed by atoms with Gasteiger partial charge in [0.1, 0.15) is 5.69 Å². The van der Waals surface area contributed by atoms with E-state index >= 15 is 0 Å². The predicted molar refractivity (Wildman–Crippen MR) is 133 cm³/mol. The SMILES string of the molecule is COCCN(CCC(=O)N1CCN(C(C)=O)CC1)C(=O)c1csc(Nc2cccc(Cl)c2Cl)n1. The van der Waals surface area contributed by atoms with Crippen LogP contribution in [0.15, 0.2) is 23.6 Å². The smallest absolute Gasteiger partial charge is 0.273 e. The first kappa shape index (κ1) is 26.2. The Bertz CT molecular complexity index is 1030. The minimum atomic E-state index is -0.284. The summed E-state index contributed by atoms with van der Waals surface area (Å²) in [5, 5.41) is 6.03. The number of carbonyl (C=O) groups is 3. The maximum Gasteiger partial charge on any atom is 0.273 e. The van der Waals surface area contributed by atoms with Crippen LogP contribution in [0.5, 0.6) is 0 Å². The fourth-order valence-electron chi connectivity index (χ4n) is 3.48. The minimum Gasteiger partial charge on any atom is -0.383 e. The molecule has 1 N–H and O–H groups in total. The fraction of sp³-hybridized carbons (Fsp3) is 0.455. The molecule has 0 saturated carbocycles. The summed E-state index contributed by atoms with van der Waals surface area (Å²) in [6.07, 6.45) is 0.183. The Morgan fingerprint density at radius 3 is 2.53 bits per heavy atom. The van der Waals surface area contributed by atoms with Crippen molar-refractivity contribution in [2.24, 2.45) is 0 Å². The van der Waals surface area contributed by atoms with Crippen molar-refractivity contribution < 1.29 is 19.1 Å². The lowest BCUT2D eigenvalue weighted by Gasteiger charge is -2.34. The average Bonchev–Trinajstić information content (AvgIpc) is 3.30. The Hall–Kier alpha value is -2.40. The number of benzene rings is 1. The van der Waals surface area contributed by atoms with Crippen molar-refractivity contribution in [2.45, 2.75) is 13.3 Å². The van der Waals surface area contributed by atoms with E-state index < -0.39 is 0 Å². The summed E-state index contributed by atoms with van der Waals surface area (Å²) < 4.78 is 5.14. The van der Waals surface area contributed by atoms with Crippen LogP contribution in [0.25, 0.3) is 0 Å². The summed E-state index contributed by atoms with van der Waals surface area (Å²) in [6.45, 7) is 4.49. The quantitative estimate of drug-likeness (QED) is 0.537. The highest BCUT2D eigenvalue weighted by Crippen LogP contribution is 2.32. The molecule has 1 aliphatic rings. The van der Waals surface area contributed by atoms with E-state index in [-0.39, 0.29) is 36.4 Å². The molecular formula is C22H27Cl2N5O4S. The normalized spacial score (nSPS) is 13.6. The molecule has 1 saturated heterocycles. The van der Waals surface area contributed by atoms with Crippen LogP contribution in [0.3, 0.4) is 0 Å². The van der Waals surface area contributed by atoms with Gasteiger partial charge < -0.3 is 24.8 Å². The number of piperazine rings is 1. The van der Waals surface area contributed by atoms with E-state index in [0.717, 1.165) is 0 Å². The van der Waals surface area contributed by atoms with Crippen LogP contribution >= 0.6 is 34.5 Å². The number of amides is 3. The third-order valence-electron chi connectivity index (χ3n) is 5.44. The summed E-state index contributed by atoms with van der Waals surface area (Å²) in [7, 11) is 1.56. The van der Waals surface area contributed by atoms with Gasteiger partial charge in [-0.25, -0.2) is 4.98 Å². The summed E-state index contributed by atoms with van der Waals surface area (Å²) in [5.74, 6) is -0.319. The second kappa shape index (κ2) is 12.3. The summed E-state index contributed by atoms with van der Waals surface area (Å²) in [4.78, 5) is 46.7. The fourth-order valence-corrected chi connectivity index (χ4v) is 4.53. The number of carbonyl (C=O) groups excluding carboxylic acids is 3. The van der Waals surface area contributed by atoms with Gasteiger partial charge in [0.2, 0.25) is 11.8 Å². The molecule has 0 unspecified atom stereocenters. The van der Waals surface area contributed by atoms with Crippen molar-refractivity contribution in [1.82, 2.24) is 19.7 Å². The topological polar surface area (TPSA) is 95.1 Å². The average molecular weight is 528 g/mol. The van der Waals surface area contributed by atoms with Crippen LogP contribution in [-0.2, 0) is 14.3 Å². The van der Waals surface area contributed by atoms with Gasteiger partial charge in [-0.15, -0.1) is 11.3 Å². The summed E-state index contributed by atoms with van der Waals surface area (Å²) in [6, 6.07) is 5.22. The molecule has 0 atom stereocenters. The van der Waals surface area contributed by atoms with E-state index in [2.05, 4.69) is 10.3 Å².